The van der Waals surface area contributed by atoms with Crippen LogP contribution in [-0.2, 0) is 6.54 Å². The summed E-state index contributed by atoms with van der Waals surface area (Å²) in [7, 11) is 1.57. The number of methoxy groups -OCH3 is 1. The number of carbonyl (C=O) groups excluding carboxylic acids is 1. The van der Waals surface area contributed by atoms with Crippen LogP contribution in [0.5, 0.6) is 5.75 Å². The predicted octanol–water partition coefficient (Wildman–Crippen LogP) is 2.75. The van der Waals surface area contributed by atoms with Gasteiger partial charge in [0.2, 0.25) is 5.95 Å². The van der Waals surface area contributed by atoms with Crippen molar-refractivity contribution >= 4 is 29.3 Å². The molecule has 2 fully saturated rings. The Morgan fingerprint density at radius 1 is 1.26 bits per heavy atom. The average Bonchev–Trinajstić information content (AvgIpc) is 3.33. The standard InChI is InChI=1S/C24H32ClN5O4/c1-34-21-9-4-15(11-20(21)25)12-26-22-19(23(33)28-16-5-7-18(32)8-6-16)13-27-24(29-22)30-10-2-3-17(30)14-31/h4,9,11,13,16-18,31-32H,2-3,5-8,10,12,14H2,1H3,(H,28,33)(H,26,27,29). The van der Waals surface area contributed by atoms with E-state index in [1.165, 1.54) is 0 Å². The van der Waals surface area contributed by atoms with E-state index in [-0.39, 0.29) is 30.7 Å². The van der Waals surface area contributed by atoms with Gasteiger partial charge in [-0.1, -0.05) is 17.7 Å². The van der Waals surface area contributed by atoms with Crippen LogP contribution in [0, 0.1) is 0 Å². The Morgan fingerprint density at radius 2 is 2.06 bits per heavy atom. The summed E-state index contributed by atoms with van der Waals surface area (Å²) in [4.78, 5) is 24.3. The lowest BCUT2D eigenvalue weighted by Gasteiger charge is -2.27. The quantitative estimate of drug-likeness (QED) is 0.447. The van der Waals surface area contributed by atoms with Gasteiger partial charge in [-0.2, -0.15) is 4.98 Å². The van der Waals surface area contributed by atoms with Crippen molar-refractivity contribution in [1.82, 2.24) is 15.3 Å². The summed E-state index contributed by atoms with van der Waals surface area (Å²) in [5, 5.41) is 26.3. The molecule has 1 atom stereocenters. The first-order valence-electron chi connectivity index (χ1n) is 11.8. The summed E-state index contributed by atoms with van der Waals surface area (Å²) >= 11 is 6.26. The second-order valence-electron chi connectivity index (χ2n) is 8.91. The van der Waals surface area contributed by atoms with Gasteiger partial charge in [0.25, 0.3) is 5.91 Å². The number of rotatable bonds is 8. The molecular formula is C24H32ClN5O4. The molecule has 0 spiro atoms. The molecule has 1 saturated carbocycles. The minimum atomic E-state index is -0.288. The van der Waals surface area contributed by atoms with Crippen molar-refractivity contribution < 1.29 is 19.7 Å². The van der Waals surface area contributed by atoms with Gasteiger partial charge in [0.1, 0.15) is 17.1 Å². The van der Waals surface area contributed by atoms with Crippen LogP contribution in [0.4, 0.5) is 11.8 Å². The molecule has 0 bridgehead atoms. The lowest BCUT2D eigenvalue weighted by Crippen LogP contribution is -2.39. The van der Waals surface area contributed by atoms with Crippen LogP contribution in [0.1, 0.15) is 54.4 Å². The number of benzene rings is 1. The van der Waals surface area contributed by atoms with Gasteiger partial charge in [-0.05, 0) is 56.2 Å². The second kappa shape index (κ2) is 11.2. The first-order valence-corrected chi connectivity index (χ1v) is 12.2. The molecule has 2 aromatic rings. The molecule has 2 aliphatic rings. The summed E-state index contributed by atoms with van der Waals surface area (Å²) in [5.74, 6) is 1.26. The largest absolute Gasteiger partial charge is 0.495 e. The number of aliphatic hydroxyl groups is 2. The third kappa shape index (κ3) is 5.71. The molecule has 1 aliphatic carbocycles. The molecule has 1 aromatic carbocycles. The maximum atomic E-state index is 13.1. The number of nitrogens with zero attached hydrogens (tertiary/aromatic N) is 3. The highest BCUT2D eigenvalue weighted by molar-refractivity contribution is 6.32. The van der Waals surface area contributed by atoms with Crippen LogP contribution < -0.4 is 20.3 Å². The van der Waals surface area contributed by atoms with Crippen molar-refractivity contribution in [3.05, 3.63) is 40.5 Å². The normalized spacial score (nSPS) is 22.5. The predicted molar refractivity (Wildman–Crippen MR) is 131 cm³/mol. The van der Waals surface area contributed by atoms with Gasteiger partial charge >= 0.3 is 0 Å². The molecule has 9 nitrogen and oxygen atoms in total. The zero-order valence-electron chi connectivity index (χ0n) is 19.3. The highest BCUT2D eigenvalue weighted by Gasteiger charge is 2.28. The molecule has 4 rings (SSSR count). The summed E-state index contributed by atoms with van der Waals surface area (Å²) < 4.78 is 5.22. The van der Waals surface area contributed by atoms with E-state index < -0.39 is 0 Å². The number of hydrogen-bond donors (Lipinski definition) is 4. The first kappa shape index (κ1) is 24.5. The van der Waals surface area contributed by atoms with Crippen LogP contribution in [0.15, 0.2) is 24.4 Å². The summed E-state index contributed by atoms with van der Waals surface area (Å²) in [6.45, 7) is 1.19. The van der Waals surface area contributed by atoms with Gasteiger partial charge in [0, 0.05) is 25.3 Å². The highest BCUT2D eigenvalue weighted by Crippen LogP contribution is 2.27. The second-order valence-corrected chi connectivity index (χ2v) is 9.31. The fraction of sp³-hybridized carbons (Fsp3) is 0.542. The lowest BCUT2D eigenvalue weighted by molar-refractivity contribution is 0.0867. The van der Waals surface area contributed by atoms with E-state index in [1.807, 2.05) is 17.0 Å². The molecule has 1 aliphatic heterocycles. The van der Waals surface area contributed by atoms with Gasteiger partial charge in [-0.3, -0.25) is 4.79 Å². The molecule has 4 N–H and O–H groups in total. The van der Waals surface area contributed by atoms with Crippen molar-refractivity contribution in [2.75, 3.05) is 30.5 Å². The highest BCUT2D eigenvalue weighted by atomic mass is 35.5. The number of carbonyl (C=O) groups is 1. The summed E-state index contributed by atoms with van der Waals surface area (Å²) in [6, 6.07) is 5.49. The minimum Gasteiger partial charge on any atom is -0.495 e. The number of ether oxygens (including phenoxy) is 1. The SMILES string of the molecule is COc1ccc(CNc2nc(N3CCCC3CO)ncc2C(=O)NC2CCC(O)CC2)cc1Cl. The molecule has 1 unspecified atom stereocenters. The third-order valence-corrected chi connectivity index (χ3v) is 6.87. The molecule has 10 heteroatoms. The molecular weight excluding hydrogens is 458 g/mol. The number of anilines is 2. The van der Waals surface area contributed by atoms with Gasteiger partial charge in [-0.25, -0.2) is 4.98 Å². The molecule has 1 saturated heterocycles. The Balaban J connectivity index is 1.55. The first-order chi connectivity index (χ1) is 16.5. The van der Waals surface area contributed by atoms with Crippen molar-refractivity contribution in [3.63, 3.8) is 0 Å². The van der Waals surface area contributed by atoms with Gasteiger partial charge in [0.15, 0.2) is 0 Å². The summed E-state index contributed by atoms with van der Waals surface area (Å²) in [5.41, 5.74) is 1.27. The number of hydrogen-bond acceptors (Lipinski definition) is 8. The summed E-state index contributed by atoms with van der Waals surface area (Å²) in [6.07, 6.45) is 5.94. The zero-order chi connectivity index (χ0) is 24.1. The molecule has 184 valence electrons. The van der Waals surface area contributed by atoms with Crippen molar-refractivity contribution in [1.29, 1.82) is 0 Å². The van der Waals surface area contributed by atoms with Crippen LogP contribution >= 0.6 is 11.6 Å². The van der Waals surface area contributed by atoms with E-state index in [4.69, 9.17) is 16.3 Å². The number of nitrogens with one attached hydrogen (secondary N) is 2. The molecule has 2 heterocycles. The van der Waals surface area contributed by atoms with Crippen molar-refractivity contribution in [2.24, 2.45) is 0 Å². The average molecular weight is 490 g/mol. The Kier molecular flexibility index (Phi) is 8.07. The van der Waals surface area contributed by atoms with E-state index in [0.29, 0.717) is 47.5 Å². The van der Waals surface area contributed by atoms with Crippen molar-refractivity contribution in [2.45, 2.75) is 63.3 Å². The molecule has 34 heavy (non-hydrogen) atoms. The minimum absolute atomic E-state index is 0.0150. The van der Waals surface area contributed by atoms with E-state index >= 15 is 0 Å². The maximum Gasteiger partial charge on any atom is 0.256 e. The Morgan fingerprint density at radius 3 is 2.76 bits per heavy atom. The van der Waals surface area contributed by atoms with Crippen LogP contribution in [0.3, 0.4) is 0 Å². The van der Waals surface area contributed by atoms with Gasteiger partial charge in [-0.15, -0.1) is 0 Å². The van der Waals surface area contributed by atoms with Gasteiger partial charge < -0.3 is 30.5 Å². The van der Waals surface area contributed by atoms with E-state index in [0.717, 1.165) is 37.8 Å². The monoisotopic (exact) mass is 489 g/mol. The molecule has 1 amide bonds. The van der Waals surface area contributed by atoms with Crippen LogP contribution in [0.25, 0.3) is 0 Å². The Hall–Kier alpha value is -2.62. The third-order valence-electron chi connectivity index (χ3n) is 6.57. The Bertz CT molecular complexity index is 999. The van der Waals surface area contributed by atoms with Crippen molar-refractivity contribution in [3.8, 4) is 5.75 Å². The number of aromatic nitrogens is 2. The number of halogens is 1. The van der Waals surface area contributed by atoms with E-state index in [1.54, 1.807) is 19.4 Å². The topological polar surface area (TPSA) is 120 Å². The fourth-order valence-corrected chi connectivity index (χ4v) is 4.87. The maximum absolute atomic E-state index is 13.1. The van der Waals surface area contributed by atoms with E-state index in [2.05, 4.69) is 20.6 Å². The number of amides is 1. The lowest BCUT2D eigenvalue weighted by atomic mass is 9.93. The fourth-order valence-electron chi connectivity index (χ4n) is 4.59. The molecule has 1 aromatic heterocycles. The van der Waals surface area contributed by atoms with Crippen LogP contribution in [0.2, 0.25) is 5.02 Å². The van der Waals surface area contributed by atoms with Crippen LogP contribution in [-0.4, -0.2) is 64.5 Å². The molecule has 0 radical (unpaired) electrons. The van der Waals surface area contributed by atoms with E-state index in [9.17, 15) is 15.0 Å². The number of aliphatic hydroxyl groups excluding tert-OH is 2. The smallest absolute Gasteiger partial charge is 0.256 e. The zero-order valence-corrected chi connectivity index (χ0v) is 20.1. The Labute approximate surface area is 204 Å². The van der Waals surface area contributed by atoms with Gasteiger partial charge in [0.05, 0.1) is 30.9 Å².